The maximum Gasteiger partial charge on any atom is 0.506 e. The topological polar surface area (TPSA) is 301 Å². The van der Waals surface area contributed by atoms with Gasteiger partial charge in [-0.05, 0) is 0 Å². The summed E-state index contributed by atoms with van der Waals surface area (Å²) in [5, 5.41) is 73.5. The van der Waals surface area contributed by atoms with Gasteiger partial charge in [0.15, 0.2) is 0 Å². The van der Waals surface area contributed by atoms with Crippen molar-refractivity contribution >= 4 is 22.3 Å². The third-order valence-electron chi connectivity index (χ3n) is 3.51. The van der Waals surface area contributed by atoms with Gasteiger partial charge in [0.1, 0.15) is 48.7 Å². The summed E-state index contributed by atoms with van der Waals surface area (Å²) in [7, 11) is -5.51. The lowest BCUT2D eigenvalue weighted by Gasteiger charge is -2.25. The van der Waals surface area contributed by atoms with E-state index in [1.165, 1.54) is 0 Å². The Kier molecular flexibility index (Phi) is 11.0. The summed E-state index contributed by atoms with van der Waals surface area (Å²) >= 11 is 0. The molecule has 0 unspecified atom stereocenters. The van der Waals surface area contributed by atoms with Gasteiger partial charge in [-0.2, -0.15) is 0 Å². The fraction of sp³-hybridized carbons (Fsp3) is 0.833. The first-order chi connectivity index (χ1) is 13.2. The third-order valence-corrected chi connectivity index (χ3v) is 4.25. The minimum absolute atomic E-state index is 1.03. The van der Waals surface area contributed by atoms with Crippen LogP contribution in [0, 0.1) is 0 Å². The van der Waals surface area contributed by atoms with Crippen LogP contribution in [0.25, 0.3) is 0 Å². The predicted octanol–water partition coefficient (Wildman–Crippen LogP) is -7.88. The molecule has 172 valence electrons. The highest BCUT2D eigenvalue weighted by Crippen LogP contribution is 2.10. The van der Waals surface area contributed by atoms with E-state index >= 15 is 0 Å². The Morgan fingerprint density at radius 2 is 0.966 bits per heavy atom. The molecule has 17 heteroatoms. The highest BCUT2D eigenvalue weighted by molar-refractivity contribution is 7.82. The third kappa shape index (κ3) is 8.03. The van der Waals surface area contributed by atoms with Crippen LogP contribution in [0.2, 0.25) is 0 Å². The number of hydrogen-bond donors (Lipinski definition) is 10. The predicted molar refractivity (Wildman–Crippen MR) is 87.3 cm³/mol. The molecule has 0 saturated carbocycles. The maximum atomic E-state index is 11.6. The van der Waals surface area contributed by atoms with E-state index in [0.29, 0.717) is 0 Å². The minimum Gasteiger partial charge on any atom is -0.394 e. The molecule has 0 fully saturated rings. The van der Waals surface area contributed by atoms with Crippen molar-refractivity contribution in [3.63, 3.8) is 0 Å². The first-order valence-corrected chi connectivity index (χ1v) is 9.06. The zero-order valence-corrected chi connectivity index (χ0v) is 15.4. The van der Waals surface area contributed by atoms with Crippen molar-refractivity contribution in [1.82, 2.24) is 0 Å². The number of carbonyl (C=O) groups is 2. The second kappa shape index (κ2) is 11.6. The van der Waals surface area contributed by atoms with Crippen LogP contribution in [-0.4, -0.2) is 123 Å². The zero-order chi connectivity index (χ0) is 23.1. The smallest absolute Gasteiger partial charge is 0.394 e. The fourth-order valence-electron chi connectivity index (χ4n) is 1.70. The Morgan fingerprint density at radius 1 is 0.690 bits per heavy atom. The Labute approximate surface area is 163 Å². The van der Waals surface area contributed by atoms with Crippen LogP contribution in [-0.2, 0) is 28.4 Å². The second-order valence-corrected chi connectivity index (χ2v) is 6.88. The normalized spacial score (nSPS) is 20.5. The lowest BCUT2D eigenvalue weighted by Crippen LogP contribution is -2.54. The van der Waals surface area contributed by atoms with Gasteiger partial charge in [0.05, 0.1) is 13.2 Å². The molecule has 0 spiro atoms. The summed E-state index contributed by atoms with van der Waals surface area (Å²) < 4.78 is 30.7. The summed E-state index contributed by atoms with van der Waals surface area (Å²) in [6.07, 6.45) is -12.8. The van der Waals surface area contributed by atoms with Crippen molar-refractivity contribution in [2.45, 2.75) is 48.7 Å². The Balaban J connectivity index is 5.02. The summed E-state index contributed by atoms with van der Waals surface area (Å²) in [6, 6.07) is -4.55. The Hall–Kier alpha value is -1.51. The highest BCUT2D eigenvalue weighted by atomic mass is 32.3. The highest BCUT2D eigenvalue weighted by Gasteiger charge is 2.39. The lowest BCUT2D eigenvalue weighted by molar-refractivity contribution is -0.147. The van der Waals surface area contributed by atoms with E-state index in [1.54, 1.807) is 0 Å². The van der Waals surface area contributed by atoms with E-state index < -0.39 is 84.3 Å². The van der Waals surface area contributed by atoms with Gasteiger partial charge in [0.25, 0.3) is 0 Å². The molecule has 0 aromatic carbocycles. The van der Waals surface area contributed by atoms with Crippen molar-refractivity contribution < 1.29 is 67.2 Å². The molecule has 0 aromatic heterocycles. The van der Waals surface area contributed by atoms with Gasteiger partial charge >= 0.3 is 22.3 Å². The van der Waals surface area contributed by atoms with Crippen LogP contribution in [0.5, 0.6) is 0 Å². The molecular weight excluding hydrogens is 428 g/mol. The molecule has 0 rings (SSSR count). The van der Waals surface area contributed by atoms with Crippen LogP contribution in [0.3, 0.4) is 0 Å². The van der Waals surface area contributed by atoms with Crippen LogP contribution < -0.4 is 11.5 Å². The lowest BCUT2D eigenvalue weighted by atomic mass is 10.0. The number of aliphatic hydroxyl groups is 8. The van der Waals surface area contributed by atoms with Crippen molar-refractivity contribution in [3.8, 4) is 0 Å². The van der Waals surface area contributed by atoms with Gasteiger partial charge in [0, 0.05) is 0 Å². The maximum absolute atomic E-state index is 11.6. The molecule has 0 heterocycles. The Morgan fingerprint density at radius 3 is 1.21 bits per heavy atom. The second-order valence-electron chi connectivity index (χ2n) is 5.73. The number of nitrogens with two attached hydrogens (primary N) is 2. The van der Waals surface area contributed by atoms with Crippen molar-refractivity contribution in [2.75, 3.05) is 13.2 Å². The van der Waals surface area contributed by atoms with E-state index in [1.807, 2.05) is 0 Å². The molecule has 0 amide bonds. The SMILES string of the molecule is N[C@H](C(=O)OS(=O)(=O)OC(=O)[C@@H](N)[C@@H](O)[C@H](O)[C@H](O)CO)[C@@H](O)[C@H](O)[C@H](O)CO. The van der Waals surface area contributed by atoms with Gasteiger partial charge in [0.2, 0.25) is 0 Å². The standard InChI is InChI=1S/C12H24N2O14S/c13-5(9(21)7(19)3(17)1-15)11(23)27-29(25,26)28-12(24)6(14)10(22)8(20)4(18)2-16/h3-10,15-22H,1-2,13-14H2/t3-,4-,5+,6+,7-,8-,9-,10-/m1/s1. The van der Waals surface area contributed by atoms with E-state index in [-0.39, 0.29) is 0 Å². The van der Waals surface area contributed by atoms with Crippen molar-refractivity contribution in [2.24, 2.45) is 11.5 Å². The molecular formula is C12H24N2O14S. The number of aliphatic hydroxyl groups excluding tert-OH is 8. The zero-order valence-electron chi connectivity index (χ0n) is 14.6. The molecule has 0 aliphatic heterocycles. The number of rotatable bonds is 12. The molecule has 0 aliphatic rings. The molecule has 12 N–H and O–H groups in total. The monoisotopic (exact) mass is 452 g/mol. The summed E-state index contributed by atoms with van der Waals surface area (Å²) in [4.78, 5) is 23.2. The average molecular weight is 452 g/mol. The van der Waals surface area contributed by atoms with E-state index in [2.05, 4.69) is 8.37 Å². The molecule has 0 aliphatic carbocycles. The van der Waals surface area contributed by atoms with Crippen molar-refractivity contribution in [1.29, 1.82) is 0 Å². The molecule has 0 aromatic rings. The van der Waals surface area contributed by atoms with E-state index in [4.69, 9.17) is 31.9 Å². The number of hydrogen-bond acceptors (Lipinski definition) is 16. The summed E-state index contributed by atoms with van der Waals surface area (Å²) in [6.45, 7) is -2.07. The van der Waals surface area contributed by atoms with Crippen LogP contribution in [0.4, 0.5) is 0 Å². The van der Waals surface area contributed by atoms with Crippen LogP contribution in [0.1, 0.15) is 0 Å². The molecule has 29 heavy (non-hydrogen) atoms. The van der Waals surface area contributed by atoms with Gasteiger partial charge < -0.3 is 60.7 Å². The first-order valence-electron chi connectivity index (χ1n) is 7.73. The Bertz CT molecular complexity index is 597. The molecule has 8 atom stereocenters. The summed E-state index contributed by atoms with van der Waals surface area (Å²) in [5.41, 5.74) is 10.3. The molecule has 0 saturated heterocycles. The van der Waals surface area contributed by atoms with Gasteiger partial charge in [-0.25, -0.2) is 9.59 Å². The molecule has 16 nitrogen and oxygen atoms in total. The van der Waals surface area contributed by atoms with Gasteiger partial charge in [-0.3, -0.25) is 0 Å². The molecule has 0 radical (unpaired) electrons. The van der Waals surface area contributed by atoms with Crippen molar-refractivity contribution in [3.05, 3.63) is 0 Å². The van der Waals surface area contributed by atoms with Gasteiger partial charge in [-0.15, -0.1) is 8.42 Å². The van der Waals surface area contributed by atoms with Crippen LogP contribution >= 0.6 is 0 Å². The number of carbonyl (C=O) groups excluding carboxylic acids is 2. The summed E-state index contributed by atoms with van der Waals surface area (Å²) in [5.74, 6) is -3.89. The van der Waals surface area contributed by atoms with Gasteiger partial charge in [-0.1, -0.05) is 0 Å². The first kappa shape index (κ1) is 27.5. The van der Waals surface area contributed by atoms with Crippen LogP contribution in [0.15, 0.2) is 0 Å². The fourth-order valence-corrected chi connectivity index (χ4v) is 2.36. The quantitative estimate of drug-likeness (QED) is 0.131. The van der Waals surface area contributed by atoms with E-state index in [9.17, 15) is 38.4 Å². The largest absolute Gasteiger partial charge is 0.506 e. The van der Waals surface area contributed by atoms with E-state index in [0.717, 1.165) is 0 Å². The minimum atomic E-state index is -5.51. The molecule has 0 bridgehead atoms. The average Bonchev–Trinajstić information content (AvgIpc) is 2.67.